The molecule has 7 heteroatoms. The molecule has 4 N–H and O–H groups in total. The summed E-state index contributed by atoms with van der Waals surface area (Å²) in [7, 11) is 0. The van der Waals surface area contributed by atoms with Crippen LogP contribution in [0.25, 0.3) is 0 Å². The highest BCUT2D eigenvalue weighted by Crippen LogP contribution is 2.28. The zero-order valence-electron chi connectivity index (χ0n) is 10.3. The second-order valence-electron chi connectivity index (χ2n) is 4.42. The van der Waals surface area contributed by atoms with Crippen LogP contribution in [-0.4, -0.2) is 29.9 Å². The van der Waals surface area contributed by atoms with Crippen molar-refractivity contribution in [2.75, 3.05) is 18.8 Å². The molecule has 2 amide bonds. The lowest BCUT2D eigenvalue weighted by atomic mass is 10.2. The highest BCUT2D eigenvalue weighted by atomic mass is 35.5. The molecular weight excluding hydrogens is 268 g/mol. The molecule has 102 valence electrons. The van der Waals surface area contributed by atoms with Crippen LogP contribution in [0.2, 0.25) is 5.15 Å². The smallest absolute Gasteiger partial charge is 0.251 e. The zero-order valence-corrected chi connectivity index (χ0v) is 11.0. The number of nitrogens with one attached hydrogen (secondary N) is 2. The molecule has 1 aromatic heterocycles. The van der Waals surface area contributed by atoms with Crippen molar-refractivity contribution in [3.63, 3.8) is 0 Å². The molecular formula is C12H15ClN4O2. The number of hydrogen-bond acceptors (Lipinski definition) is 4. The maximum atomic E-state index is 11.8. The summed E-state index contributed by atoms with van der Waals surface area (Å²) in [6, 6.07) is 2.89. The van der Waals surface area contributed by atoms with Gasteiger partial charge >= 0.3 is 0 Å². The molecule has 0 unspecified atom stereocenters. The maximum Gasteiger partial charge on any atom is 0.251 e. The molecule has 0 atom stereocenters. The highest BCUT2D eigenvalue weighted by Gasteiger charge is 2.28. The van der Waals surface area contributed by atoms with E-state index in [4.69, 9.17) is 17.3 Å². The first-order valence-corrected chi connectivity index (χ1v) is 6.43. The van der Waals surface area contributed by atoms with E-state index < -0.39 is 0 Å². The van der Waals surface area contributed by atoms with Gasteiger partial charge in [-0.15, -0.1) is 0 Å². The lowest BCUT2D eigenvalue weighted by Crippen LogP contribution is -2.35. The number of halogens is 1. The number of rotatable bonds is 5. The van der Waals surface area contributed by atoms with Crippen molar-refractivity contribution in [3.8, 4) is 0 Å². The van der Waals surface area contributed by atoms with Gasteiger partial charge in [-0.05, 0) is 25.0 Å². The molecule has 1 aliphatic rings. The van der Waals surface area contributed by atoms with Crippen LogP contribution < -0.4 is 16.4 Å². The minimum atomic E-state index is -0.295. The number of carbonyl (C=O) groups is 2. The molecule has 0 saturated heterocycles. The van der Waals surface area contributed by atoms with Crippen LogP contribution in [0.1, 0.15) is 23.2 Å². The first kappa shape index (κ1) is 13.6. The van der Waals surface area contributed by atoms with Crippen LogP contribution in [0.15, 0.2) is 12.1 Å². The third kappa shape index (κ3) is 4.10. The molecule has 1 fully saturated rings. The topological polar surface area (TPSA) is 97.1 Å². The number of aromatic nitrogens is 1. The quantitative estimate of drug-likeness (QED) is 0.543. The lowest BCUT2D eigenvalue weighted by molar-refractivity contribution is -0.122. The zero-order chi connectivity index (χ0) is 13.8. The van der Waals surface area contributed by atoms with Gasteiger partial charge in [0.25, 0.3) is 5.91 Å². The molecule has 1 aromatic rings. The Labute approximate surface area is 115 Å². The van der Waals surface area contributed by atoms with E-state index >= 15 is 0 Å². The van der Waals surface area contributed by atoms with Gasteiger partial charge in [-0.1, -0.05) is 11.6 Å². The number of carbonyl (C=O) groups excluding carboxylic acids is 2. The summed E-state index contributed by atoms with van der Waals surface area (Å²) < 4.78 is 0. The minimum absolute atomic E-state index is 0.0606. The number of nitrogens with two attached hydrogens (primary N) is 1. The van der Waals surface area contributed by atoms with Crippen molar-refractivity contribution in [1.29, 1.82) is 0 Å². The fourth-order valence-corrected chi connectivity index (χ4v) is 1.82. The van der Waals surface area contributed by atoms with Gasteiger partial charge in [-0.3, -0.25) is 9.59 Å². The van der Waals surface area contributed by atoms with E-state index in [1.54, 1.807) is 0 Å². The van der Waals surface area contributed by atoms with E-state index in [1.165, 1.54) is 12.1 Å². The summed E-state index contributed by atoms with van der Waals surface area (Å²) in [6.07, 6.45) is 1.93. The summed E-state index contributed by atoms with van der Waals surface area (Å²) in [5.41, 5.74) is 5.85. The number of nitrogen functional groups attached to an aromatic ring is 1. The predicted octanol–water partition coefficient (Wildman–Crippen LogP) is 0.573. The summed E-state index contributed by atoms with van der Waals surface area (Å²) in [5.74, 6) is 0.135. The van der Waals surface area contributed by atoms with E-state index in [9.17, 15) is 9.59 Å². The monoisotopic (exact) mass is 282 g/mol. The summed E-state index contributed by atoms with van der Waals surface area (Å²) in [6.45, 7) is 0.770. The van der Waals surface area contributed by atoms with Crippen LogP contribution in [-0.2, 0) is 4.79 Å². The molecule has 0 radical (unpaired) electrons. The molecule has 0 bridgehead atoms. The van der Waals surface area contributed by atoms with E-state index in [2.05, 4.69) is 15.6 Å². The van der Waals surface area contributed by atoms with Gasteiger partial charge in [0, 0.05) is 24.6 Å². The first-order chi connectivity index (χ1) is 9.06. The molecule has 1 heterocycles. The minimum Gasteiger partial charge on any atom is -0.384 e. The number of nitrogens with zero attached hydrogens (tertiary/aromatic N) is 1. The fraction of sp³-hybridized carbons (Fsp3) is 0.417. The number of hydrogen-bond donors (Lipinski definition) is 3. The van der Waals surface area contributed by atoms with Crippen molar-refractivity contribution >= 4 is 29.2 Å². The van der Waals surface area contributed by atoms with Crippen molar-refractivity contribution in [1.82, 2.24) is 15.6 Å². The highest BCUT2D eigenvalue weighted by molar-refractivity contribution is 6.29. The van der Waals surface area contributed by atoms with E-state index in [0.717, 1.165) is 12.8 Å². The van der Waals surface area contributed by atoms with E-state index in [1.807, 2.05) is 0 Å². The average molecular weight is 283 g/mol. The number of anilines is 1. The maximum absolute atomic E-state index is 11.8. The summed E-state index contributed by atoms with van der Waals surface area (Å²) in [4.78, 5) is 26.9. The Morgan fingerprint density at radius 2 is 2.00 bits per heavy atom. The van der Waals surface area contributed by atoms with Crippen LogP contribution in [0, 0.1) is 5.92 Å². The van der Waals surface area contributed by atoms with Crippen LogP contribution >= 0.6 is 11.6 Å². The second kappa shape index (κ2) is 5.88. The largest absolute Gasteiger partial charge is 0.384 e. The van der Waals surface area contributed by atoms with Crippen molar-refractivity contribution in [2.24, 2.45) is 5.92 Å². The Hall–Kier alpha value is -1.82. The van der Waals surface area contributed by atoms with E-state index in [-0.39, 0.29) is 28.7 Å². The van der Waals surface area contributed by atoms with E-state index in [0.29, 0.717) is 18.7 Å². The Balaban J connectivity index is 1.75. The van der Waals surface area contributed by atoms with Crippen molar-refractivity contribution in [3.05, 3.63) is 22.8 Å². The van der Waals surface area contributed by atoms with Crippen LogP contribution in [0.4, 0.5) is 5.82 Å². The Morgan fingerprint density at radius 1 is 1.32 bits per heavy atom. The normalized spacial score (nSPS) is 13.9. The second-order valence-corrected chi connectivity index (χ2v) is 4.81. The van der Waals surface area contributed by atoms with Crippen molar-refractivity contribution in [2.45, 2.75) is 12.8 Å². The van der Waals surface area contributed by atoms with Gasteiger partial charge in [0.15, 0.2) is 0 Å². The molecule has 1 aliphatic carbocycles. The van der Waals surface area contributed by atoms with Crippen molar-refractivity contribution < 1.29 is 9.59 Å². The molecule has 0 aliphatic heterocycles. The predicted molar refractivity (Wildman–Crippen MR) is 71.7 cm³/mol. The lowest BCUT2D eigenvalue weighted by Gasteiger charge is -2.07. The molecule has 0 aromatic carbocycles. The number of pyridine rings is 1. The summed E-state index contributed by atoms with van der Waals surface area (Å²) >= 11 is 5.71. The van der Waals surface area contributed by atoms with Crippen LogP contribution in [0.5, 0.6) is 0 Å². The third-order valence-electron chi connectivity index (χ3n) is 2.73. The van der Waals surface area contributed by atoms with Gasteiger partial charge in [-0.25, -0.2) is 4.98 Å². The average Bonchev–Trinajstić information content (AvgIpc) is 3.17. The molecule has 0 spiro atoms. The first-order valence-electron chi connectivity index (χ1n) is 6.05. The molecule has 1 saturated carbocycles. The Kier molecular flexibility index (Phi) is 4.21. The Bertz CT molecular complexity index is 482. The molecule has 19 heavy (non-hydrogen) atoms. The van der Waals surface area contributed by atoms with Gasteiger partial charge in [0.05, 0.1) is 0 Å². The standard InChI is InChI=1S/C12H15ClN4O2/c13-9-5-8(6-10(14)17-9)12(19)16-4-3-15-11(18)7-1-2-7/h5-7H,1-4H2,(H2,14,17)(H,15,18)(H,16,19). The Morgan fingerprint density at radius 3 is 2.63 bits per heavy atom. The van der Waals surface area contributed by atoms with Crippen LogP contribution in [0.3, 0.4) is 0 Å². The fourth-order valence-electron chi connectivity index (χ4n) is 1.60. The van der Waals surface area contributed by atoms with Gasteiger partial charge in [0.2, 0.25) is 5.91 Å². The number of amides is 2. The third-order valence-corrected chi connectivity index (χ3v) is 2.93. The molecule has 2 rings (SSSR count). The van der Waals surface area contributed by atoms with Gasteiger partial charge < -0.3 is 16.4 Å². The van der Waals surface area contributed by atoms with Gasteiger partial charge in [-0.2, -0.15) is 0 Å². The SMILES string of the molecule is Nc1cc(C(=O)NCCNC(=O)C2CC2)cc(Cl)n1. The van der Waals surface area contributed by atoms with Gasteiger partial charge in [0.1, 0.15) is 11.0 Å². The molecule has 6 nitrogen and oxygen atoms in total. The summed E-state index contributed by atoms with van der Waals surface area (Å²) in [5, 5.41) is 5.60.